The van der Waals surface area contributed by atoms with E-state index >= 15 is 0 Å². The quantitative estimate of drug-likeness (QED) is 0.824. The van der Waals surface area contributed by atoms with Crippen LogP contribution in [0.4, 0.5) is 0 Å². The maximum Gasteiger partial charge on any atom is 0.127 e. The monoisotopic (exact) mass is 335 g/mol. The predicted molar refractivity (Wildman–Crippen MR) is 95.6 cm³/mol. The van der Waals surface area contributed by atoms with E-state index < -0.39 is 0 Å². The molecule has 2 aromatic rings. The minimum absolute atomic E-state index is 0.824. The van der Waals surface area contributed by atoms with Crippen molar-refractivity contribution in [2.75, 3.05) is 32.8 Å². The van der Waals surface area contributed by atoms with Crippen molar-refractivity contribution in [1.82, 2.24) is 0 Å². The first kappa shape index (κ1) is 16.1. The van der Waals surface area contributed by atoms with Crippen LogP contribution in [0.15, 0.2) is 42.5 Å². The summed E-state index contributed by atoms with van der Waals surface area (Å²) < 4.78 is 5.60. The second-order valence-corrected chi connectivity index (χ2v) is 7.16. The van der Waals surface area contributed by atoms with Gasteiger partial charge in [-0.05, 0) is 29.8 Å². The topological polar surface area (TPSA) is 41.9 Å². The fraction of sp³-hybridized carbons (Fsp3) is 0.381. The van der Waals surface area contributed by atoms with Gasteiger partial charge in [-0.2, -0.15) is 5.26 Å². The molecule has 4 nitrogen and oxygen atoms in total. The molecule has 128 valence electrons. The minimum Gasteiger partial charge on any atom is -0.493 e. The Kier molecular flexibility index (Phi) is 4.69. The fourth-order valence-electron chi connectivity index (χ4n) is 4.00. The molecule has 0 radical (unpaired) electrons. The number of hydrogen-bond acceptors (Lipinski definition) is 2. The number of nitriles is 1. The van der Waals surface area contributed by atoms with Crippen molar-refractivity contribution in [3.8, 4) is 11.8 Å². The number of ether oxygens (including phenoxy) is 1. The van der Waals surface area contributed by atoms with Crippen LogP contribution < -0.4 is 14.5 Å². The Balaban J connectivity index is 1.32. The number of quaternary nitrogens is 2. The van der Waals surface area contributed by atoms with Gasteiger partial charge in [0.2, 0.25) is 0 Å². The Morgan fingerprint density at radius 3 is 2.52 bits per heavy atom. The average Bonchev–Trinajstić information content (AvgIpc) is 3.12. The molecule has 4 rings (SSSR count). The van der Waals surface area contributed by atoms with Crippen LogP contribution >= 0.6 is 0 Å². The largest absolute Gasteiger partial charge is 0.493 e. The van der Waals surface area contributed by atoms with Gasteiger partial charge in [-0.3, -0.25) is 0 Å². The van der Waals surface area contributed by atoms with Crippen LogP contribution in [0.1, 0.15) is 22.3 Å². The minimum atomic E-state index is 0.824. The third-order valence-electron chi connectivity index (χ3n) is 5.45. The molecule has 1 fully saturated rings. The summed E-state index contributed by atoms with van der Waals surface area (Å²) in [4.78, 5) is 3.25. The standard InChI is InChI=1S/C21H23N3O/c22-14-19-3-1-2-4-20(19)16-24-10-8-23(9-11-24)15-17-5-6-21-18(13-17)7-12-25-21/h1-6,13H,7-12,15-16H2/p+2. The number of fused-ring (bicyclic) bond motifs is 1. The molecule has 0 aliphatic carbocycles. The van der Waals surface area contributed by atoms with E-state index in [-0.39, 0.29) is 0 Å². The van der Waals surface area contributed by atoms with Gasteiger partial charge in [0.25, 0.3) is 0 Å². The van der Waals surface area contributed by atoms with E-state index in [4.69, 9.17) is 4.74 Å². The van der Waals surface area contributed by atoms with Gasteiger partial charge < -0.3 is 14.5 Å². The molecule has 2 aliphatic rings. The Morgan fingerprint density at radius 1 is 0.960 bits per heavy atom. The molecule has 1 saturated heterocycles. The van der Waals surface area contributed by atoms with Crippen molar-refractivity contribution >= 4 is 0 Å². The van der Waals surface area contributed by atoms with Gasteiger partial charge in [0.15, 0.2) is 0 Å². The first-order valence-electron chi connectivity index (χ1n) is 9.21. The van der Waals surface area contributed by atoms with E-state index in [1.165, 1.54) is 42.9 Å². The molecule has 0 saturated carbocycles. The van der Waals surface area contributed by atoms with Gasteiger partial charge in [-0.25, -0.2) is 0 Å². The molecule has 0 amide bonds. The third kappa shape index (κ3) is 3.68. The number of nitrogens with one attached hydrogen (secondary N) is 2. The van der Waals surface area contributed by atoms with Crippen molar-refractivity contribution in [1.29, 1.82) is 5.26 Å². The highest BCUT2D eigenvalue weighted by molar-refractivity contribution is 5.39. The molecule has 4 heteroatoms. The summed E-state index contributed by atoms with van der Waals surface area (Å²) in [6.45, 7) is 7.63. The molecule has 0 spiro atoms. The van der Waals surface area contributed by atoms with Gasteiger partial charge >= 0.3 is 0 Å². The summed E-state index contributed by atoms with van der Waals surface area (Å²) in [5.41, 5.74) is 4.80. The van der Waals surface area contributed by atoms with Crippen molar-refractivity contribution in [3.63, 3.8) is 0 Å². The van der Waals surface area contributed by atoms with Crippen LogP contribution in [0.2, 0.25) is 0 Å². The lowest BCUT2D eigenvalue weighted by molar-refractivity contribution is -1.02. The Morgan fingerprint density at radius 2 is 1.72 bits per heavy atom. The second-order valence-electron chi connectivity index (χ2n) is 7.16. The average molecular weight is 335 g/mol. The van der Waals surface area contributed by atoms with E-state index in [9.17, 15) is 5.26 Å². The first-order valence-corrected chi connectivity index (χ1v) is 9.21. The smallest absolute Gasteiger partial charge is 0.127 e. The maximum absolute atomic E-state index is 9.25. The van der Waals surface area contributed by atoms with Crippen LogP contribution in [-0.4, -0.2) is 32.8 Å². The van der Waals surface area contributed by atoms with Gasteiger partial charge in [0.1, 0.15) is 45.0 Å². The molecule has 2 aromatic carbocycles. The summed E-state index contributed by atoms with van der Waals surface area (Å²) >= 11 is 0. The van der Waals surface area contributed by atoms with Gasteiger partial charge in [0, 0.05) is 17.5 Å². The number of piperazine rings is 1. The number of hydrogen-bond donors (Lipinski definition) is 2. The van der Waals surface area contributed by atoms with Crippen molar-refractivity contribution in [2.45, 2.75) is 19.5 Å². The van der Waals surface area contributed by atoms with Crippen molar-refractivity contribution in [2.24, 2.45) is 0 Å². The second kappa shape index (κ2) is 7.26. The maximum atomic E-state index is 9.25. The highest BCUT2D eigenvalue weighted by Crippen LogP contribution is 2.25. The fourth-order valence-corrected chi connectivity index (χ4v) is 4.00. The summed E-state index contributed by atoms with van der Waals surface area (Å²) in [6.07, 6.45) is 1.05. The van der Waals surface area contributed by atoms with Crippen LogP contribution in [0.25, 0.3) is 0 Å². The summed E-state index contributed by atoms with van der Waals surface area (Å²) in [5.74, 6) is 1.07. The zero-order valence-corrected chi connectivity index (χ0v) is 14.6. The molecular formula is C21H25N3O+2. The van der Waals surface area contributed by atoms with E-state index in [0.29, 0.717) is 0 Å². The summed E-state index contributed by atoms with van der Waals surface area (Å²) in [7, 11) is 0. The summed E-state index contributed by atoms with van der Waals surface area (Å²) in [5, 5.41) is 9.25. The number of nitrogens with zero attached hydrogens (tertiary/aromatic N) is 1. The molecule has 0 bridgehead atoms. The highest BCUT2D eigenvalue weighted by Gasteiger charge is 2.24. The van der Waals surface area contributed by atoms with E-state index in [0.717, 1.165) is 37.4 Å². The van der Waals surface area contributed by atoms with E-state index in [2.05, 4.69) is 30.3 Å². The lowest BCUT2D eigenvalue weighted by atomic mass is 10.1. The van der Waals surface area contributed by atoms with Crippen LogP contribution in [0, 0.1) is 11.3 Å². The Hall–Kier alpha value is -2.35. The molecule has 2 heterocycles. The Labute approximate surface area is 149 Å². The van der Waals surface area contributed by atoms with Gasteiger partial charge in [0.05, 0.1) is 18.2 Å². The molecule has 0 unspecified atom stereocenters. The van der Waals surface area contributed by atoms with Crippen molar-refractivity contribution < 1.29 is 14.5 Å². The molecule has 0 atom stereocenters. The van der Waals surface area contributed by atoms with E-state index in [1.54, 1.807) is 9.80 Å². The van der Waals surface area contributed by atoms with Crippen LogP contribution in [0.5, 0.6) is 5.75 Å². The summed E-state index contributed by atoms with van der Waals surface area (Å²) in [6, 6.07) is 17.0. The molecule has 25 heavy (non-hydrogen) atoms. The molecular weight excluding hydrogens is 310 g/mol. The normalized spacial score (nSPS) is 22.0. The highest BCUT2D eigenvalue weighted by atomic mass is 16.5. The number of benzene rings is 2. The van der Waals surface area contributed by atoms with E-state index in [1.807, 2.05) is 18.2 Å². The van der Waals surface area contributed by atoms with Crippen molar-refractivity contribution in [3.05, 3.63) is 64.7 Å². The SMILES string of the molecule is N#Cc1ccccc1C[NH+]1CC[NH+](Cc2ccc3c(c2)CCO3)CC1. The van der Waals surface area contributed by atoms with Crippen LogP contribution in [0.3, 0.4) is 0 Å². The zero-order valence-electron chi connectivity index (χ0n) is 14.6. The van der Waals surface area contributed by atoms with Gasteiger partial charge in [-0.15, -0.1) is 0 Å². The molecule has 2 aliphatic heterocycles. The predicted octanol–water partition coefficient (Wildman–Crippen LogP) is -0.0232. The third-order valence-corrected chi connectivity index (χ3v) is 5.45. The zero-order chi connectivity index (χ0) is 17.1. The van der Waals surface area contributed by atoms with Gasteiger partial charge in [-0.1, -0.05) is 18.2 Å². The van der Waals surface area contributed by atoms with Crippen LogP contribution in [-0.2, 0) is 19.5 Å². The Bertz CT molecular complexity index is 788. The lowest BCUT2D eigenvalue weighted by Gasteiger charge is -2.30. The molecule has 2 N–H and O–H groups in total. The number of rotatable bonds is 4. The first-order chi connectivity index (χ1) is 12.3. The molecule has 0 aromatic heterocycles. The lowest BCUT2D eigenvalue weighted by Crippen LogP contribution is -3.27.